The van der Waals surface area contributed by atoms with Crippen molar-refractivity contribution < 1.29 is 19.1 Å². The molecule has 3 rings (SSSR count). The van der Waals surface area contributed by atoms with Crippen LogP contribution in [0.1, 0.15) is 28.8 Å². The minimum Gasteiger partial charge on any atom is -0.497 e. The highest BCUT2D eigenvalue weighted by Gasteiger charge is 2.23. The molecule has 2 aromatic carbocycles. The van der Waals surface area contributed by atoms with Crippen LogP contribution >= 0.6 is 0 Å². The number of hydrogen-bond acceptors (Lipinski definition) is 4. The lowest BCUT2D eigenvalue weighted by molar-refractivity contribution is -0.123. The molecular weight excluding hydrogens is 306 g/mol. The third-order valence-electron chi connectivity index (χ3n) is 3.77. The van der Waals surface area contributed by atoms with Gasteiger partial charge in [-0.2, -0.15) is 0 Å². The van der Waals surface area contributed by atoms with Gasteiger partial charge >= 0.3 is 0 Å². The summed E-state index contributed by atoms with van der Waals surface area (Å²) in [5.41, 5.74) is 0.969. The van der Waals surface area contributed by atoms with Crippen molar-refractivity contribution in [3.05, 3.63) is 59.7 Å². The number of methoxy groups -OCH3 is 1. The fourth-order valence-electron chi connectivity index (χ4n) is 2.32. The van der Waals surface area contributed by atoms with E-state index in [0.29, 0.717) is 22.6 Å². The first-order chi connectivity index (χ1) is 11.7. The van der Waals surface area contributed by atoms with Crippen LogP contribution in [0.5, 0.6) is 11.5 Å². The van der Waals surface area contributed by atoms with Crippen LogP contribution in [0.2, 0.25) is 0 Å². The lowest BCUT2D eigenvalue weighted by atomic mass is 10.0. The first-order valence-corrected chi connectivity index (χ1v) is 7.87. The van der Waals surface area contributed by atoms with Crippen LogP contribution in [0.15, 0.2) is 48.5 Å². The van der Waals surface area contributed by atoms with Gasteiger partial charge in [-0.1, -0.05) is 30.3 Å². The molecule has 0 aliphatic heterocycles. The SMILES string of the molecule is COc1ccc(C(=O)c2ccccc2)c(OCC(=O)NC2CC2)c1. The van der Waals surface area contributed by atoms with Gasteiger partial charge in [-0.25, -0.2) is 0 Å². The number of nitrogens with one attached hydrogen (secondary N) is 1. The maximum atomic E-state index is 12.7. The summed E-state index contributed by atoms with van der Waals surface area (Å²) < 4.78 is 10.8. The highest BCUT2D eigenvalue weighted by Crippen LogP contribution is 2.27. The van der Waals surface area contributed by atoms with Gasteiger partial charge in [0.15, 0.2) is 12.4 Å². The molecule has 0 aromatic heterocycles. The fourth-order valence-corrected chi connectivity index (χ4v) is 2.32. The van der Waals surface area contributed by atoms with Crippen LogP contribution in [-0.2, 0) is 4.79 Å². The average molecular weight is 325 g/mol. The van der Waals surface area contributed by atoms with Crippen LogP contribution in [0.3, 0.4) is 0 Å². The molecule has 0 bridgehead atoms. The minimum absolute atomic E-state index is 0.126. The standard InChI is InChI=1S/C19H19NO4/c1-23-15-9-10-16(19(22)13-5-3-2-4-6-13)17(11-15)24-12-18(21)20-14-7-8-14/h2-6,9-11,14H,7-8,12H2,1H3,(H,20,21). The second-order valence-corrected chi connectivity index (χ2v) is 5.69. The van der Waals surface area contributed by atoms with Crippen molar-refractivity contribution in [2.75, 3.05) is 13.7 Å². The Kier molecular flexibility index (Phi) is 4.79. The normalized spacial score (nSPS) is 13.2. The molecule has 124 valence electrons. The van der Waals surface area contributed by atoms with Crippen LogP contribution in [0.25, 0.3) is 0 Å². The Labute approximate surface area is 140 Å². The van der Waals surface area contributed by atoms with Crippen molar-refractivity contribution in [2.24, 2.45) is 0 Å². The molecule has 0 atom stereocenters. The Hall–Kier alpha value is -2.82. The van der Waals surface area contributed by atoms with E-state index >= 15 is 0 Å². The summed E-state index contributed by atoms with van der Waals surface area (Å²) in [5, 5.41) is 2.85. The van der Waals surface area contributed by atoms with Gasteiger partial charge in [0.1, 0.15) is 11.5 Å². The van der Waals surface area contributed by atoms with E-state index in [4.69, 9.17) is 9.47 Å². The van der Waals surface area contributed by atoms with Crippen molar-refractivity contribution in [3.63, 3.8) is 0 Å². The number of benzene rings is 2. The second kappa shape index (κ2) is 7.17. The third-order valence-corrected chi connectivity index (χ3v) is 3.77. The maximum Gasteiger partial charge on any atom is 0.258 e. The molecule has 5 nitrogen and oxygen atoms in total. The number of carbonyl (C=O) groups excluding carboxylic acids is 2. The zero-order chi connectivity index (χ0) is 16.9. The van der Waals surface area contributed by atoms with Crippen molar-refractivity contribution in [1.29, 1.82) is 0 Å². The Balaban J connectivity index is 1.79. The summed E-state index contributed by atoms with van der Waals surface area (Å²) in [6.07, 6.45) is 2.03. The summed E-state index contributed by atoms with van der Waals surface area (Å²) in [6.45, 7) is -0.126. The summed E-state index contributed by atoms with van der Waals surface area (Å²) in [6, 6.07) is 14.2. The van der Waals surface area contributed by atoms with Crippen molar-refractivity contribution in [1.82, 2.24) is 5.32 Å². The van der Waals surface area contributed by atoms with Gasteiger partial charge in [0.05, 0.1) is 12.7 Å². The van der Waals surface area contributed by atoms with E-state index in [1.165, 1.54) is 7.11 Å². The molecule has 0 radical (unpaired) electrons. The Morgan fingerprint density at radius 2 is 1.88 bits per heavy atom. The van der Waals surface area contributed by atoms with Crippen LogP contribution < -0.4 is 14.8 Å². The molecule has 0 saturated heterocycles. The molecule has 0 heterocycles. The van der Waals surface area contributed by atoms with Gasteiger partial charge < -0.3 is 14.8 Å². The Morgan fingerprint density at radius 3 is 2.54 bits per heavy atom. The highest BCUT2D eigenvalue weighted by atomic mass is 16.5. The van der Waals surface area contributed by atoms with Gasteiger partial charge in [0.25, 0.3) is 5.91 Å². The van der Waals surface area contributed by atoms with Gasteiger partial charge in [0.2, 0.25) is 0 Å². The predicted octanol–water partition coefficient (Wildman–Crippen LogP) is 2.58. The molecule has 1 amide bonds. The Bertz CT molecular complexity index is 738. The molecule has 1 saturated carbocycles. The first kappa shape index (κ1) is 16.1. The molecule has 1 aliphatic carbocycles. The molecular formula is C19H19NO4. The molecule has 2 aromatic rings. The summed E-state index contributed by atoms with van der Waals surface area (Å²) in [4.78, 5) is 24.5. The summed E-state index contributed by atoms with van der Waals surface area (Å²) >= 11 is 0. The number of amides is 1. The maximum absolute atomic E-state index is 12.7. The predicted molar refractivity (Wildman–Crippen MR) is 89.5 cm³/mol. The van der Waals surface area contributed by atoms with Crippen LogP contribution in [-0.4, -0.2) is 31.4 Å². The van der Waals surface area contributed by atoms with E-state index in [1.807, 2.05) is 6.07 Å². The second-order valence-electron chi connectivity index (χ2n) is 5.69. The molecule has 0 spiro atoms. The third kappa shape index (κ3) is 3.93. The monoisotopic (exact) mass is 325 g/mol. The number of rotatable bonds is 7. The smallest absolute Gasteiger partial charge is 0.258 e. The Morgan fingerprint density at radius 1 is 1.12 bits per heavy atom. The molecule has 0 unspecified atom stereocenters. The number of hydrogen-bond donors (Lipinski definition) is 1. The van der Waals surface area contributed by atoms with E-state index in [1.54, 1.807) is 42.5 Å². The number of ether oxygens (including phenoxy) is 2. The molecule has 1 aliphatic rings. The lowest BCUT2D eigenvalue weighted by Gasteiger charge is -2.12. The largest absolute Gasteiger partial charge is 0.497 e. The number of ketones is 1. The van der Waals surface area contributed by atoms with Gasteiger partial charge in [-0.3, -0.25) is 9.59 Å². The van der Waals surface area contributed by atoms with E-state index < -0.39 is 0 Å². The highest BCUT2D eigenvalue weighted by molar-refractivity contribution is 6.10. The van der Waals surface area contributed by atoms with Crippen molar-refractivity contribution in [2.45, 2.75) is 18.9 Å². The van der Waals surface area contributed by atoms with Crippen molar-refractivity contribution in [3.8, 4) is 11.5 Å². The van der Waals surface area contributed by atoms with Gasteiger partial charge in [-0.05, 0) is 25.0 Å². The average Bonchev–Trinajstić information content (AvgIpc) is 3.43. The molecule has 24 heavy (non-hydrogen) atoms. The summed E-state index contributed by atoms with van der Waals surface area (Å²) in [7, 11) is 1.54. The van der Waals surface area contributed by atoms with E-state index in [9.17, 15) is 9.59 Å². The van der Waals surface area contributed by atoms with E-state index in [-0.39, 0.29) is 24.3 Å². The zero-order valence-electron chi connectivity index (χ0n) is 13.5. The van der Waals surface area contributed by atoms with Gasteiger partial charge in [0, 0.05) is 17.7 Å². The fraction of sp³-hybridized carbons (Fsp3) is 0.263. The number of carbonyl (C=O) groups is 2. The first-order valence-electron chi connectivity index (χ1n) is 7.87. The molecule has 1 N–H and O–H groups in total. The van der Waals surface area contributed by atoms with Crippen molar-refractivity contribution >= 4 is 11.7 Å². The summed E-state index contributed by atoms with van der Waals surface area (Å²) in [5.74, 6) is 0.570. The van der Waals surface area contributed by atoms with Crippen LogP contribution in [0, 0.1) is 0 Å². The lowest BCUT2D eigenvalue weighted by Crippen LogP contribution is -2.30. The topological polar surface area (TPSA) is 64.6 Å². The molecule has 1 fully saturated rings. The minimum atomic E-state index is -0.182. The molecule has 5 heteroatoms. The quantitative estimate of drug-likeness (QED) is 0.795. The zero-order valence-corrected chi connectivity index (χ0v) is 13.5. The van der Waals surface area contributed by atoms with E-state index in [2.05, 4.69) is 5.32 Å². The van der Waals surface area contributed by atoms with Gasteiger partial charge in [-0.15, -0.1) is 0 Å². The van der Waals surface area contributed by atoms with Crippen LogP contribution in [0.4, 0.5) is 0 Å². The van der Waals surface area contributed by atoms with E-state index in [0.717, 1.165) is 12.8 Å².